The summed E-state index contributed by atoms with van der Waals surface area (Å²) in [7, 11) is 0. The third kappa shape index (κ3) is 5.10. The van der Waals surface area contributed by atoms with Gasteiger partial charge in [0.2, 0.25) is 0 Å². The molecule has 1 saturated heterocycles. The molecule has 9 nitrogen and oxygen atoms in total. The van der Waals surface area contributed by atoms with Gasteiger partial charge in [-0.05, 0) is 67.9 Å². The van der Waals surface area contributed by atoms with Crippen LogP contribution in [0.3, 0.4) is 0 Å². The van der Waals surface area contributed by atoms with Crippen molar-refractivity contribution in [1.29, 1.82) is 0 Å². The Balaban J connectivity index is 1.24. The largest absolute Gasteiger partial charge is 0.354 e. The van der Waals surface area contributed by atoms with Gasteiger partial charge in [0.15, 0.2) is 0 Å². The molecular formula is C24H33N7O2. The van der Waals surface area contributed by atoms with E-state index in [2.05, 4.69) is 33.1 Å². The summed E-state index contributed by atoms with van der Waals surface area (Å²) in [6, 6.07) is 9.03. The minimum absolute atomic E-state index is 0.224. The summed E-state index contributed by atoms with van der Waals surface area (Å²) in [4.78, 5) is 30.9. The molecule has 3 atom stereocenters. The Morgan fingerprint density at radius 1 is 1.09 bits per heavy atom. The molecule has 176 valence electrons. The zero-order valence-corrected chi connectivity index (χ0v) is 18.9. The first kappa shape index (κ1) is 22.1. The van der Waals surface area contributed by atoms with E-state index in [1.54, 1.807) is 17.2 Å². The number of carbonyl (C=O) groups is 1. The van der Waals surface area contributed by atoms with Crippen molar-refractivity contribution in [3.05, 3.63) is 52.1 Å². The average Bonchev–Trinajstić information content (AvgIpc) is 3.24. The molecule has 5 rings (SSSR count). The van der Waals surface area contributed by atoms with Crippen molar-refractivity contribution in [2.45, 2.75) is 56.7 Å². The monoisotopic (exact) mass is 451 g/mol. The van der Waals surface area contributed by atoms with Gasteiger partial charge in [-0.1, -0.05) is 6.07 Å². The third-order valence-electron chi connectivity index (χ3n) is 7.08. The van der Waals surface area contributed by atoms with E-state index in [4.69, 9.17) is 5.73 Å². The number of anilines is 1. The summed E-state index contributed by atoms with van der Waals surface area (Å²) in [6.45, 7) is 2.82. The molecular weight excluding hydrogens is 418 g/mol. The maximum Gasteiger partial charge on any atom is 0.354 e. The first-order chi connectivity index (χ1) is 16.0. The second-order valence-corrected chi connectivity index (χ2v) is 9.46. The van der Waals surface area contributed by atoms with E-state index in [-0.39, 0.29) is 11.8 Å². The number of piperazine rings is 1. The topological polar surface area (TPSA) is 117 Å². The van der Waals surface area contributed by atoms with Gasteiger partial charge in [-0.15, -0.1) is 0 Å². The van der Waals surface area contributed by atoms with E-state index in [0.717, 1.165) is 50.9 Å². The van der Waals surface area contributed by atoms with Crippen LogP contribution in [0, 0.1) is 0 Å². The molecule has 2 aliphatic carbocycles. The van der Waals surface area contributed by atoms with Crippen molar-refractivity contribution in [2.24, 2.45) is 5.73 Å². The third-order valence-corrected chi connectivity index (χ3v) is 7.08. The molecule has 1 aromatic carbocycles. The van der Waals surface area contributed by atoms with Crippen molar-refractivity contribution >= 4 is 11.8 Å². The lowest BCUT2D eigenvalue weighted by Gasteiger charge is -2.29. The number of nitrogens with zero attached hydrogens (tertiary/aromatic N) is 3. The van der Waals surface area contributed by atoms with Gasteiger partial charge in [0.05, 0.1) is 5.69 Å². The van der Waals surface area contributed by atoms with Crippen LogP contribution in [0.4, 0.5) is 10.6 Å². The van der Waals surface area contributed by atoms with Gasteiger partial charge in [-0.3, -0.25) is 9.88 Å². The van der Waals surface area contributed by atoms with E-state index in [0.29, 0.717) is 31.2 Å². The second-order valence-electron chi connectivity index (χ2n) is 9.46. The van der Waals surface area contributed by atoms with Crippen molar-refractivity contribution in [3.8, 4) is 5.69 Å². The lowest BCUT2D eigenvalue weighted by atomic mass is 9.87. The van der Waals surface area contributed by atoms with Crippen molar-refractivity contribution in [3.63, 3.8) is 0 Å². The van der Waals surface area contributed by atoms with Gasteiger partial charge in [0.1, 0.15) is 5.82 Å². The van der Waals surface area contributed by atoms with Crippen LogP contribution >= 0.6 is 0 Å². The number of carbonyl (C=O) groups excluding carboxylic acids is 1. The van der Waals surface area contributed by atoms with Crippen molar-refractivity contribution in [2.75, 3.05) is 31.5 Å². The molecule has 1 saturated carbocycles. The fraction of sp³-hybridized carbons (Fsp3) is 0.542. The highest BCUT2D eigenvalue weighted by Gasteiger charge is 2.26. The molecule has 9 heteroatoms. The minimum atomic E-state index is -0.402. The Kier molecular flexibility index (Phi) is 6.43. The Bertz CT molecular complexity index is 1060. The number of nitrogens with one attached hydrogen (secondary N) is 3. The number of aromatic nitrogens is 2. The van der Waals surface area contributed by atoms with E-state index >= 15 is 0 Å². The first-order valence-electron chi connectivity index (χ1n) is 12.1. The molecule has 0 unspecified atom stereocenters. The number of rotatable bonds is 4. The maximum absolute atomic E-state index is 12.7. The number of amides is 2. The highest BCUT2D eigenvalue weighted by molar-refractivity contribution is 5.88. The molecule has 1 aliphatic heterocycles. The SMILES string of the molecule is N[C@H]1CC[C@H](N[C@H]2CCc3cc(-n4ccc(NC(=O)N5CCNCC5)nc4=O)ccc3C2)C1. The van der Waals surface area contributed by atoms with Crippen molar-refractivity contribution in [1.82, 2.24) is 25.1 Å². The van der Waals surface area contributed by atoms with E-state index < -0.39 is 5.69 Å². The first-order valence-corrected chi connectivity index (χ1v) is 12.1. The number of benzene rings is 1. The predicted molar refractivity (Wildman–Crippen MR) is 128 cm³/mol. The Hall–Kier alpha value is -2.75. The molecule has 3 aliphatic rings. The van der Waals surface area contributed by atoms with Crippen LogP contribution in [-0.4, -0.2) is 64.8 Å². The van der Waals surface area contributed by atoms with E-state index in [9.17, 15) is 9.59 Å². The van der Waals surface area contributed by atoms with Crippen LogP contribution in [0.2, 0.25) is 0 Å². The second kappa shape index (κ2) is 9.62. The highest BCUT2D eigenvalue weighted by Crippen LogP contribution is 2.26. The Morgan fingerprint density at radius 2 is 1.94 bits per heavy atom. The molecule has 1 aromatic heterocycles. The molecule has 2 aromatic rings. The maximum atomic E-state index is 12.7. The van der Waals surface area contributed by atoms with Gasteiger partial charge in [-0.25, -0.2) is 9.59 Å². The Morgan fingerprint density at radius 3 is 2.70 bits per heavy atom. The summed E-state index contributed by atoms with van der Waals surface area (Å²) in [5, 5.41) is 9.75. The minimum Gasteiger partial charge on any atom is -0.328 e. The summed E-state index contributed by atoms with van der Waals surface area (Å²) in [6.07, 6.45) is 8.12. The zero-order chi connectivity index (χ0) is 22.8. The summed E-state index contributed by atoms with van der Waals surface area (Å²) >= 11 is 0. The standard InChI is InChI=1S/C24H33N7O2/c25-18-3-5-20(15-18)27-19-4-1-17-14-21(6-2-16(17)13-19)31-10-7-22(29-24(31)33)28-23(32)30-11-8-26-9-12-30/h2,6-7,10,14,18-20,26-27H,1,3-5,8-9,11-13,15,25H2,(H,28,29,32,33)/t18-,19-,20-/m0/s1. The molecule has 2 heterocycles. The summed E-state index contributed by atoms with van der Waals surface area (Å²) in [5.41, 5.74) is 9.09. The number of nitrogens with two attached hydrogens (primary N) is 1. The zero-order valence-electron chi connectivity index (χ0n) is 18.9. The van der Waals surface area contributed by atoms with Crippen LogP contribution in [0.1, 0.15) is 36.8 Å². The number of hydrogen-bond acceptors (Lipinski definition) is 6. The smallest absolute Gasteiger partial charge is 0.328 e. The lowest BCUT2D eigenvalue weighted by Crippen LogP contribution is -2.48. The van der Waals surface area contributed by atoms with Crippen LogP contribution in [0.15, 0.2) is 35.3 Å². The van der Waals surface area contributed by atoms with Gasteiger partial charge < -0.3 is 21.3 Å². The normalized spacial score (nSPS) is 25.0. The van der Waals surface area contributed by atoms with E-state index in [1.165, 1.54) is 22.1 Å². The molecule has 5 N–H and O–H groups in total. The molecule has 33 heavy (non-hydrogen) atoms. The molecule has 0 radical (unpaired) electrons. The number of aryl methyl sites for hydroxylation is 1. The van der Waals surface area contributed by atoms with Gasteiger partial charge in [0, 0.05) is 50.5 Å². The van der Waals surface area contributed by atoms with Gasteiger partial charge in [0.25, 0.3) is 0 Å². The van der Waals surface area contributed by atoms with Crippen LogP contribution < -0.4 is 27.4 Å². The number of urea groups is 1. The van der Waals surface area contributed by atoms with Crippen molar-refractivity contribution < 1.29 is 4.79 Å². The van der Waals surface area contributed by atoms with Gasteiger partial charge in [-0.2, -0.15) is 4.98 Å². The van der Waals surface area contributed by atoms with E-state index in [1.807, 2.05) is 6.07 Å². The fourth-order valence-electron chi connectivity index (χ4n) is 5.26. The molecule has 0 spiro atoms. The predicted octanol–water partition coefficient (Wildman–Crippen LogP) is 0.996. The van der Waals surface area contributed by atoms with Crippen LogP contribution in [0.25, 0.3) is 5.69 Å². The quantitative estimate of drug-likeness (QED) is 0.551. The summed E-state index contributed by atoms with van der Waals surface area (Å²) in [5.74, 6) is 0.276. The number of hydrogen-bond donors (Lipinski definition) is 4. The summed E-state index contributed by atoms with van der Waals surface area (Å²) < 4.78 is 1.53. The van der Waals surface area contributed by atoms with Crippen LogP contribution in [0.5, 0.6) is 0 Å². The number of fused-ring (bicyclic) bond motifs is 1. The molecule has 2 fully saturated rings. The average molecular weight is 452 g/mol. The fourth-order valence-corrected chi connectivity index (χ4v) is 5.26. The van der Waals surface area contributed by atoms with Gasteiger partial charge >= 0.3 is 11.7 Å². The Labute approximate surface area is 193 Å². The molecule has 2 amide bonds. The van der Waals surface area contributed by atoms with Crippen LogP contribution in [-0.2, 0) is 12.8 Å². The molecule has 0 bridgehead atoms. The lowest BCUT2D eigenvalue weighted by molar-refractivity contribution is 0.204. The highest BCUT2D eigenvalue weighted by atomic mass is 16.2.